The van der Waals surface area contributed by atoms with Crippen molar-refractivity contribution >= 4 is 33.3 Å². The maximum absolute atomic E-state index is 13.4. The van der Waals surface area contributed by atoms with Gasteiger partial charge in [-0.25, -0.2) is 22.5 Å². The van der Waals surface area contributed by atoms with Gasteiger partial charge in [-0.15, -0.1) is 0 Å². The van der Waals surface area contributed by atoms with E-state index in [9.17, 15) is 12.8 Å². The summed E-state index contributed by atoms with van der Waals surface area (Å²) in [7, 11) is -3.83. The number of benzene rings is 1. The summed E-state index contributed by atoms with van der Waals surface area (Å²) in [6, 6.07) is 2.22. The highest BCUT2D eigenvalue weighted by molar-refractivity contribution is 7.90. The van der Waals surface area contributed by atoms with E-state index in [1.165, 1.54) is 6.07 Å². The Morgan fingerprint density at radius 1 is 1.45 bits per heavy atom. The van der Waals surface area contributed by atoms with Gasteiger partial charge in [-0.2, -0.15) is 0 Å². The summed E-state index contributed by atoms with van der Waals surface area (Å²) in [6.07, 6.45) is 0.900. The second-order valence-electron chi connectivity index (χ2n) is 5.68. The van der Waals surface area contributed by atoms with E-state index < -0.39 is 15.8 Å². The van der Waals surface area contributed by atoms with Gasteiger partial charge in [0.05, 0.1) is 16.8 Å². The van der Waals surface area contributed by atoms with Crippen LogP contribution in [-0.4, -0.2) is 20.4 Å². The lowest BCUT2D eigenvalue weighted by molar-refractivity contribution is 0.586. The number of rotatable bonds is 1. The van der Waals surface area contributed by atoms with Crippen molar-refractivity contribution in [3.05, 3.63) is 23.0 Å². The normalized spacial score (nSPS) is 27.4. The summed E-state index contributed by atoms with van der Waals surface area (Å²) < 4.78 is 39.8. The SMILES string of the molecule is CC1(C)C[C@H]1N=C1Nc2cc(Cl)c(F)cc2S(=O)(=O)N1. The lowest BCUT2D eigenvalue weighted by atomic mass is 10.2. The van der Waals surface area contributed by atoms with Gasteiger partial charge in [0.15, 0.2) is 0 Å². The number of aliphatic imine (C=N–C) groups is 1. The van der Waals surface area contributed by atoms with Crippen molar-refractivity contribution < 1.29 is 12.8 Å². The van der Waals surface area contributed by atoms with Gasteiger partial charge in [0.25, 0.3) is 10.0 Å². The molecule has 1 fully saturated rings. The molecule has 1 saturated carbocycles. The largest absolute Gasteiger partial charge is 0.324 e. The van der Waals surface area contributed by atoms with Gasteiger partial charge in [0.2, 0.25) is 5.96 Å². The summed E-state index contributed by atoms with van der Waals surface area (Å²) in [5, 5.41) is 2.70. The number of hydrogen-bond acceptors (Lipinski definition) is 3. The van der Waals surface area contributed by atoms with E-state index in [1.807, 2.05) is 0 Å². The van der Waals surface area contributed by atoms with Crippen LogP contribution in [0.25, 0.3) is 0 Å². The van der Waals surface area contributed by atoms with E-state index in [4.69, 9.17) is 11.6 Å². The number of nitrogens with zero attached hydrogens (tertiary/aromatic N) is 1. The van der Waals surface area contributed by atoms with Crippen molar-refractivity contribution in [2.75, 3.05) is 5.32 Å². The van der Waals surface area contributed by atoms with E-state index >= 15 is 0 Å². The molecule has 1 aromatic rings. The maximum atomic E-state index is 13.4. The third-order valence-corrected chi connectivity index (χ3v) is 5.21. The molecule has 1 aromatic carbocycles. The zero-order valence-corrected chi connectivity index (χ0v) is 12.4. The topological polar surface area (TPSA) is 70.6 Å². The average molecular weight is 318 g/mol. The van der Waals surface area contributed by atoms with Crippen LogP contribution in [0.1, 0.15) is 20.3 Å². The highest BCUT2D eigenvalue weighted by atomic mass is 35.5. The molecule has 0 spiro atoms. The molecule has 0 amide bonds. The van der Waals surface area contributed by atoms with Crippen LogP contribution in [0.2, 0.25) is 5.02 Å². The lowest BCUT2D eigenvalue weighted by Crippen LogP contribution is -2.41. The summed E-state index contributed by atoms with van der Waals surface area (Å²) in [6.45, 7) is 4.11. The molecule has 5 nitrogen and oxygen atoms in total. The van der Waals surface area contributed by atoms with E-state index in [0.29, 0.717) is 0 Å². The Morgan fingerprint density at radius 3 is 2.70 bits per heavy atom. The number of nitrogens with one attached hydrogen (secondary N) is 2. The number of fused-ring (bicyclic) bond motifs is 1. The van der Waals surface area contributed by atoms with Gasteiger partial charge in [-0.3, -0.25) is 0 Å². The van der Waals surface area contributed by atoms with Gasteiger partial charge in [0.1, 0.15) is 10.7 Å². The lowest BCUT2D eigenvalue weighted by Gasteiger charge is -2.22. The van der Waals surface area contributed by atoms with Gasteiger partial charge >= 0.3 is 0 Å². The molecular weight excluding hydrogens is 305 g/mol. The van der Waals surface area contributed by atoms with E-state index in [-0.39, 0.29) is 33.0 Å². The minimum absolute atomic E-state index is 0.0742. The molecule has 0 saturated heterocycles. The predicted octanol–water partition coefficient (Wildman–Crippen LogP) is 2.34. The number of guanidine groups is 1. The third kappa shape index (κ3) is 2.25. The Kier molecular flexibility index (Phi) is 2.78. The molecule has 0 unspecified atom stereocenters. The minimum Gasteiger partial charge on any atom is -0.324 e. The van der Waals surface area contributed by atoms with Gasteiger partial charge in [-0.1, -0.05) is 25.4 Å². The summed E-state index contributed by atoms with van der Waals surface area (Å²) >= 11 is 5.68. The summed E-state index contributed by atoms with van der Waals surface area (Å²) in [5.41, 5.74) is 0.313. The first-order chi connectivity index (χ1) is 9.19. The zero-order valence-electron chi connectivity index (χ0n) is 10.9. The molecular formula is C12H13ClFN3O2S. The second kappa shape index (κ2) is 4.08. The summed E-state index contributed by atoms with van der Waals surface area (Å²) in [4.78, 5) is 4.15. The number of anilines is 1. The Hall–Kier alpha value is -1.34. The average Bonchev–Trinajstić information content (AvgIpc) is 2.88. The van der Waals surface area contributed by atoms with Crippen molar-refractivity contribution in [1.29, 1.82) is 0 Å². The van der Waals surface area contributed by atoms with Crippen LogP contribution in [0.5, 0.6) is 0 Å². The Morgan fingerprint density at radius 2 is 2.10 bits per heavy atom. The first-order valence-corrected chi connectivity index (χ1v) is 7.92. The number of sulfonamides is 1. The van der Waals surface area contributed by atoms with Crippen molar-refractivity contribution in [2.45, 2.75) is 31.2 Å². The molecule has 2 N–H and O–H groups in total. The van der Waals surface area contributed by atoms with Gasteiger partial charge < -0.3 is 5.32 Å². The number of hydrogen-bond donors (Lipinski definition) is 2. The van der Waals surface area contributed by atoms with Crippen molar-refractivity contribution in [2.24, 2.45) is 10.4 Å². The zero-order chi connectivity index (χ0) is 14.7. The molecule has 0 radical (unpaired) electrons. The highest BCUT2D eigenvalue weighted by Crippen LogP contribution is 2.47. The van der Waals surface area contributed by atoms with Gasteiger partial charge in [-0.05, 0) is 24.0 Å². The van der Waals surface area contributed by atoms with Crippen LogP contribution in [0.3, 0.4) is 0 Å². The molecule has 1 aliphatic heterocycles. The second-order valence-corrected chi connectivity index (χ2v) is 7.74. The molecule has 0 bridgehead atoms. The van der Waals surface area contributed by atoms with Crippen molar-refractivity contribution in [3.63, 3.8) is 0 Å². The fourth-order valence-electron chi connectivity index (χ4n) is 2.06. The molecule has 0 aromatic heterocycles. The highest BCUT2D eigenvalue weighted by Gasteiger charge is 2.46. The molecule has 20 heavy (non-hydrogen) atoms. The van der Waals surface area contributed by atoms with Crippen LogP contribution >= 0.6 is 11.6 Å². The van der Waals surface area contributed by atoms with Crippen molar-refractivity contribution in [3.8, 4) is 0 Å². The summed E-state index contributed by atoms with van der Waals surface area (Å²) in [5.74, 6) is -0.628. The Bertz CT molecular complexity index is 730. The molecule has 1 aliphatic carbocycles. The molecule has 108 valence electrons. The predicted molar refractivity (Wildman–Crippen MR) is 75.0 cm³/mol. The van der Waals surface area contributed by atoms with E-state index in [1.54, 1.807) is 0 Å². The molecule has 3 rings (SSSR count). The third-order valence-electron chi connectivity index (χ3n) is 3.54. The fourth-order valence-corrected chi connectivity index (χ4v) is 3.35. The molecule has 1 atom stereocenters. The van der Waals surface area contributed by atoms with Crippen LogP contribution in [0, 0.1) is 11.2 Å². The first kappa shape index (κ1) is 13.6. The smallest absolute Gasteiger partial charge is 0.266 e. The molecule has 1 heterocycles. The van der Waals surface area contributed by atoms with Crippen LogP contribution < -0.4 is 10.0 Å². The van der Waals surface area contributed by atoms with Crippen LogP contribution in [0.15, 0.2) is 22.0 Å². The Balaban J connectivity index is 2.02. The minimum atomic E-state index is -3.83. The van der Waals surface area contributed by atoms with Crippen molar-refractivity contribution in [1.82, 2.24) is 4.72 Å². The maximum Gasteiger partial charge on any atom is 0.266 e. The van der Waals surface area contributed by atoms with Crippen LogP contribution in [-0.2, 0) is 10.0 Å². The van der Waals surface area contributed by atoms with Gasteiger partial charge in [0, 0.05) is 0 Å². The van der Waals surface area contributed by atoms with E-state index in [0.717, 1.165) is 12.5 Å². The standard InChI is InChI=1S/C12H13ClFN3O2S/c1-12(2)5-10(12)16-11-15-8-3-6(13)7(14)4-9(8)20(18,19)17-11/h3-4,10H,5H2,1-2H3,(H2,15,16,17)/t10-/m1/s1. The Labute approximate surface area is 121 Å². The van der Waals surface area contributed by atoms with E-state index in [2.05, 4.69) is 28.9 Å². The molecule has 2 aliphatic rings. The van der Waals surface area contributed by atoms with Crippen LogP contribution in [0.4, 0.5) is 10.1 Å². The first-order valence-electron chi connectivity index (χ1n) is 6.06. The monoisotopic (exact) mass is 317 g/mol. The molecule has 8 heteroatoms. The quantitative estimate of drug-likeness (QED) is 0.835. The fraction of sp³-hybridized carbons (Fsp3) is 0.417. The number of halogens is 2.